The number of ether oxygens (including phenoxy) is 1. The number of hydrogen-bond donors (Lipinski definition) is 1. The molecule has 0 aliphatic carbocycles. The summed E-state index contributed by atoms with van der Waals surface area (Å²) in [6, 6.07) is 2.09. The van der Waals surface area contributed by atoms with Crippen molar-refractivity contribution in [3.8, 4) is 0 Å². The first-order chi connectivity index (χ1) is 9.01. The lowest BCUT2D eigenvalue weighted by Crippen LogP contribution is -2.13. The fourth-order valence-corrected chi connectivity index (χ4v) is 2.23. The zero-order valence-electron chi connectivity index (χ0n) is 10.5. The summed E-state index contributed by atoms with van der Waals surface area (Å²) in [5.74, 6) is -3.89. The van der Waals surface area contributed by atoms with E-state index in [1.54, 1.807) is 0 Å². The molecule has 0 saturated carbocycles. The van der Waals surface area contributed by atoms with Crippen LogP contribution in [-0.2, 0) is 4.74 Å². The topological polar surface area (TPSA) is 47.6 Å². The molecule has 0 amide bonds. The standard InChI is InChI=1S/C13H15F3N2O/c1-2-7(3-9-6-19-13(17)18-9)8-4-10(14)12(16)11(15)5-8/h4-5,7,9H,2-3,6H2,1H3,(H2,17,18). The van der Waals surface area contributed by atoms with Crippen LogP contribution < -0.4 is 5.73 Å². The lowest BCUT2D eigenvalue weighted by molar-refractivity contribution is 0.300. The van der Waals surface area contributed by atoms with Crippen LogP contribution in [0.2, 0.25) is 0 Å². The summed E-state index contributed by atoms with van der Waals surface area (Å²) in [4.78, 5) is 4.07. The van der Waals surface area contributed by atoms with Crippen LogP contribution in [0.1, 0.15) is 31.2 Å². The van der Waals surface area contributed by atoms with Crippen molar-refractivity contribution in [2.75, 3.05) is 6.61 Å². The predicted molar refractivity (Wildman–Crippen MR) is 65.3 cm³/mol. The lowest BCUT2D eigenvalue weighted by atomic mass is 9.90. The van der Waals surface area contributed by atoms with Crippen molar-refractivity contribution in [3.05, 3.63) is 35.1 Å². The summed E-state index contributed by atoms with van der Waals surface area (Å²) in [7, 11) is 0. The zero-order chi connectivity index (χ0) is 14.0. The molecule has 1 aliphatic rings. The molecule has 2 atom stereocenters. The molecule has 2 unspecified atom stereocenters. The van der Waals surface area contributed by atoms with E-state index in [9.17, 15) is 13.2 Å². The van der Waals surface area contributed by atoms with Gasteiger partial charge in [-0.2, -0.15) is 0 Å². The monoisotopic (exact) mass is 272 g/mol. The largest absolute Gasteiger partial charge is 0.463 e. The molecule has 0 radical (unpaired) electrons. The molecule has 0 aromatic heterocycles. The number of benzene rings is 1. The van der Waals surface area contributed by atoms with E-state index in [2.05, 4.69) is 4.99 Å². The Morgan fingerprint density at radius 3 is 2.47 bits per heavy atom. The Balaban J connectivity index is 2.18. The van der Waals surface area contributed by atoms with E-state index in [1.807, 2.05) is 6.92 Å². The molecule has 1 aromatic rings. The Bertz CT molecular complexity index is 482. The third-order valence-corrected chi connectivity index (χ3v) is 3.26. The molecule has 1 aromatic carbocycles. The SMILES string of the molecule is CCC(CC1COC(N)=N1)c1cc(F)c(F)c(F)c1. The first-order valence-corrected chi connectivity index (χ1v) is 6.11. The summed E-state index contributed by atoms with van der Waals surface area (Å²) >= 11 is 0. The highest BCUT2D eigenvalue weighted by atomic mass is 19.2. The van der Waals surface area contributed by atoms with E-state index in [1.165, 1.54) is 0 Å². The molecule has 0 fully saturated rings. The van der Waals surface area contributed by atoms with Crippen molar-refractivity contribution >= 4 is 6.02 Å². The van der Waals surface area contributed by atoms with Crippen molar-refractivity contribution in [2.45, 2.75) is 31.7 Å². The van der Waals surface area contributed by atoms with Gasteiger partial charge in [0.15, 0.2) is 17.5 Å². The molecule has 0 bridgehead atoms. The second-order valence-electron chi connectivity index (χ2n) is 4.57. The van der Waals surface area contributed by atoms with Crippen molar-refractivity contribution in [1.82, 2.24) is 0 Å². The molecular weight excluding hydrogens is 257 g/mol. The maximum atomic E-state index is 13.2. The smallest absolute Gasteiger partial charge is 0.282 e. The summed E-state index contributed by atoms with van der Waals surface area (Å²) < 4.78 is 44.4. The highest BCUT2D eigenvalue weighted by Crippen LogP contribution is 2.29. The summed E-state index contributed by atoms with van der Waals surface area (Å²) in [6.45, 7) is 2.27. The van der Waals surface area contributed by atoms with Gasteiger partial charge in [0.05, 0.1) is 6.04 Å². The molecule has 3 nitrogen and oxygen atoms in total. The molecule has 104 valence electrons. The van der Waals surface area contributed by atoms with Gasteiger partial charge in [-0.15, -0.1) is 0 Å². The highest BCUT2D eigenvalue weighted by Gasteiger charge is 2.23. The first-order valence-electron chi connectivity index (χ1n) is 6.11. The molecule has 2 N–H and O–H groups in total. The van der Waals surface area contributed by atoms with E-state index in [0.717, 1.165) is 12.1 Å². The van der Waals surface area contributed by atoms with Crippen LogP contribution in [0.25, 0.3) is 0 Å². The third kappa shape index (κ3) is 3.00. The van der Waals surface area contributed by atoms with E-state index < -0.39 is 17.5 Å². The van der Waals surface area contributed by atoms with Crippen molar-refractivity contribution in [1.29, 1.82) is 0 Å². The zero-order valence-corrected chi connectivity index (χ0v) is 10.5. The Morgan fingerprint density at radius 2 is 2.00 bits per heavy atom. The normalized spacial score (nSPS) is 20.0. The van der Waals surface area contributed by atoms with Crippen LogP contribution in [0.15, 0.2) is 17.1 Å². The van der Waals surface area contributed by atoms with Gasteiger partial charge in [0.25, 0.3) is 6.02 Å². The molecule has 1 aliphatic heterocycles. The molecule has 19 heavy (non-hydrogen) atoms. The number of nitrogens with two attached hydrogens (primary N) is 1. The minimum atomic E-state index is -1.44. The summed E-state index contributed by atoms with van der Waals surface area (Å²) in [5.41, 5.74) is 5.84. The number of hydrogen-bond acceptors (Lipinski definition) is 3. The summed E-state index contributed by atoms with van der Waals surface area (Å²) in [5, 5.41) is 0. The summed E-state index contributed by atoms with van der Waals surface area (Å²) in [6.07, 6.45) is 1.22. The Morgan fingerprint density at radius 1 is 1.37 bits per heavy atom. The Kier molecular flexibility index (Phi) is 3.97. The van der Waals surface area contributed by atoms with Gasteiger partial charge in [-0.1, -0.05) is 6.92 Å². The van der Waals surface area contributed by atoms with Gasteiger partial charge in [-0.3, -0.25) is 0 Å². The number of halogens is 3. The number of nitrogens with zero attached hydrogens (tertiary/aromatic N) is 1. The van der Waals surface area contributed by atoms with Crippen LogP contribution in [0, 0.1) is 17.5 Å². The predicted octanol–water partition coefficient (Wildman–Crippen LogP) is 2.70. The maximum absolute atomic E-state index is 13.2. The fourth-order valence-electron chi connectivity index (χ4n) is 2.23. The first kappa shape index (κ1) is 13.7. The van der Waals surface area contributed by atoms with E-state index in [4.69, 9.17) is 10.5 Å². The fraction of sp³-hybridized carbons (Fsp3) is 0.462. The molecule has 6 heteroatoms. The van der Waals surface area contributed by atoms with Gasteiger partial charge in [-0.05, 0) is 36.5 Å². The average molecular weight is 272 g/mol. The van der Waals surface area contributed by atoms with Gasteiger partial charge in [0, 0.05) is 0 Å². The second-order valence-corrected chi connectivity index (χ2v) is 4.57. The van der Waals surface area contributed by atoms with E-state index >= 15 is 0 Å². The lowest BCUT2D eigenvalue weighted by Gasteiger charge is -2.17. The average Bonchev–Trinajstić information content (AvgIpc) is 2.78. The Labute approximate surface area is 109 Å². The van der Waals surface area contributed by atoms with Crippen LogP contribution >= 0.6 is 0 Å². The van der Waals surface area contributed by atoms with Gasteiger partial charge in [-0.25, -0.2) is 18.2 Å². The van der Waals surface area contributed by atoms with Gasteiger partial charge < -0.3 is 10.5 Å². The van der Waals surface area contributed by atoms with Gasteiger partial charge >= 0.3 is 0 Å². The third-order valence-electron chi connectivity index (χ3n) is 3.26. The van der Waals surface area contributed by atoms with E-state index in [-0.39, 0.29) is 18.0 Å². The van der Waals surface area contributed by atoms with Crippen LogP contribution in [-0.4, -0.2) is 18.7 Å². The molecular formula is C13H15F3N2O. The number of rotatable bonds is 4. The van der Waals surface area contributed by atoms with Crippen LogP contribution in [0.4, 0.5) is 13.2 Å². The minimum Gasteiger partial charge on any atom is -0.463 e. The molecule has 0 spiro atoms. The van der Waals surface area contributed by atoms with Crippen LogP contribution in [0.5, 0.6) is 0 Å². The van der Waals surface area contributed by atoms with Gasteiger partial charge in [0.1, 0.15) is 6.61 Å². The molecule has 1 heterocycles. The number of aliphatic imine (C=N–C) groups is 1. The second kappa shape index (κ2) is 5.50. The van der Waals surface area contributed by atoms with E-state index in [0.29, 0.717) is 25.0 Å². The molecule has 0 saturated heterocycles. The number of amidine groups is 1. The van der Waals surface area contributed by atoms with Gasteiger partial charge in [0.2, 0.25) is 0 Å². The maximum Gasteiger partial charge on any atom is 0.282 e. The minimum absolute atomic E-state index is 0.118. The van der Waals surface area contributed by atoms with Crippen LogP contribution in [0.3, 0.4) is 0 Å². The van der Waals surface area contributed by atoms with Crippen molar-refractivity contribution < 1.29 is 17.9 Å². The Hall–Kier alpha value is -1.72. The molecule has 2 rings (SSSR count). The highest BCUT2D eigenvalue weighted by molar-refractivity contribution is 5.73. The van der Waals surface area contributed by atoms with Crippen molar-refractivity contribution in [2.24, 2.45) is 10.7 Å². The van der Waals surface area contributed by atoms with Crippen molar-refractivity contribution in [3.63, 3.8) is 0 Å². The quantitative estimate of drug-likeness (QED) is 0.857.